The van der Waals surface area contributed by atoms with Crippen LogP contribution in [0.4, 0.5) is 0 Å². The molecule has 1 fully saturated rings. The Morgan fingerprint density at radius 1 is 1.44 bits per heavy atom. The van der Waals surface area contributed by atoms with Crippen LogP contribution in [-0.4, -0.2) is 25.6 Å². The van der Waals surface area contributed by atoms with Crippen molar-refractivity contribution in [3.63, 3.8) is 0 Å². The van der Waals surface area contributed by atoms with Crippen LogP contribution in [0.2, 0.25) is 0 Å². The fourth-order valence-corrected chi connectivity index (χ4v) is 2.89. The molecule has 0 saturated carbocycles. The highest BCUT2D eigenvalue weighted by molar-refractivity contribution is 5.78. The lowest BCUT2D eigenvalue weighted by Gasteiger charge is -2.18. The number of amides is 1. The lowest BCUT2D eigenvalue weighted by molar-refractivity contribution is -0.119. The number of aryl methyl sites for hydroxylation is 1. The average molecular weight is 246 g/mol. The van der Waals surface area contributed by atoms with Gasteiger partial charge in [0.15, 0.2) is 0 Å². The van der Waals surface area contributed by atoms with Crippen molar-refractivity contribution in [3.8, 4) is 5.75 Å². The molecule has 1 aliphatic heterocycles. The van der Waals surface area contributed by atoms with Gasteiger partial charge in [0.05, 0.1) is 7.11 Å². The minimum absolute atomic E-state index is 0.149. The van der Waals surface area contributed by atoms with Gasteiger partial charge in [0, 0.05) is 25.0 Å². The van der Waals surface area contributed by atoms with E-state index < -0.39 is 0 Å². The molecule has 0 spiro atoms. The van der Waals surface area contributed by atoms with E-state index in [1.807, 2.05) is 6.07 Å². The number of nitrogens with one attached hydrogen (secondary N) is 2. The second-order valence-electron chi connectivity index (χ2n) is 5.03. The number of hydrogen-bond acceptors (Lipinski definition) is 3. The van der Waals surface area contributed by atoms with Gasteiger partial charge in [-0.15, -0.1) is 0 Å². The first kappa shape index (κ1) is 11.5. The van der Waals surface area contributed by atoms with Crippen LogP contribution in [0.25, 0.3) is 0 Å². The van der Waals surface area contributed by atoms with Gasteiger partial charge < -0.3 is 15.4 Å². The number of hydrogen-bond donors (Lipinski definition) is 2. The number of rotatable bonds is 3. The molecule has 4 heteroatoms. The summed E-state index contributed by atoms with van der Waals surface area (Å²) in [4.78, 5) is 11.2. The smallest absolute Gasteiger partial charge is 0.221 e. The molecule has 0 radical (unpaired) electrons. The van der Waals surface area contributed by atoms with Crippen LogP contribution in [0.3, 0.4) is 0 Å². The normalized spacial score (nSPS) is 25.9. The molecule has 0 aromatic heterocycles. The molecular formula is C14H18N2O2. The zero-order valence-electron chi connectivity index (χ0n) is 10.5. The summed E-state index contributed by atoms with van der Waals surface area (Å²) in [6.07, 6.45) is 2.80. The zero-order chi connectivity index (χ0) is 12.5. The van der Waals surface area contributed by atoms with E-state index in [2.05, 4.69) is 22.8 Å². The third-order valence-electron chi connectivity index (χ3n) is 3.85. The summed E-state index contributed by atoms with van der Waals surface area (Å²) in [5, 5.41) is 6.44. The molecule has 2 N–H and O–H groups in total. The van der Waals surface area contributed by atoms with Crippen LogP contribution < -0.4 is 15.4 Å². The molecule has 18 heavy (non-hydrogen) atoms. The Bertz CT molecular complexity index is 473. The SMILES string of the molecule is COc1ccc2c(c1)C(NC1CNC(=O)C1)CC2. The highest BCUT2D eigenvalue weighted by atomic mass is 16.5. The Morgan fingerprint density at radius 2 is 2.33 bits per heavy atom. The summed E-state index contributed by atoms with van der Waals surface area (Å²) in [7, 11) is 1.69. The lowest BCUT2D eigenvalue weighted by atomic mass is 10.1. The van der Waals surface area contributed by atoms with Gasteiger partial charge in [-0.3, -0.25) is 4.79 Å². The summed E-state index contributed by atoms with van der Waals surface area (Å²) in [6.45, 7) is 0.745. The van der Waals surface area contributed by atoms with E-state index in [1.165, 1.54) is 11.1 Å². The molecule has 96 valence electrons. The van der Waals surface area contributed by atoms with Crippen LogP contribution in [0.1, 0.15) is 30.0 Å². The van der Waals surface area contributed by atoms with E-state index in [-0.39, 0.29) is 11.9 Å². The van der Waals surface area contributed by atoms with Crippen molar-refractivity contribution in [1.82, 2.24) is 10.6 Å². The van der Waals surface area contributed by atoms with E-state index >= 15 is 0 Å². The summed E-state index contributed by atoms with van der Waals surface area (Å²) in [6, 6.07) is 6.90. The van der Waals surface area contributed by atoms with Gasteiger partial charge in [0.1, 0.15) is 5.75 Å². The van der Waals surface area contributed by atoms with Gasteiger partial charge in [-0.2, -0.15) is 0 Å². The zero-order valence-corrected chi connectivity index (χ0v) is 10.5. The molecule has 1 saturated heterocycles. The topological polar surface area (TPSA) is 50.4 Å². The quantitative estimate of drug-likeness (QED) is 0.841. The van der Waals surface area contributed by atoms with Crippen molar-refractivity contribution in [1.29, 1.82) is 0 Å². The number of methoxy groups -OCH3 is 1. The maximum atomic E-state index is 11.2. The molecule has 2 aliphatic rings. The second-order valence-corrected chi connectivity index (χ2v) is 5.03. The van der Waals surface area contributed by atoms with Crippen molar-refractivity contribution in [2.75, 3.05) is 13.7 Å². The average Bonchev–Trinajstić information content (AvgIpc) is 2.96. The summed E-state index contributed by atoms with van der Waals surface area (Å²) < 4.78 is 5.28. The van der Waals surface area contributed by atoms with Gasteiger partial charge in [-0.1, -0.05) is 6.07 Å². The largest absolute Gasteiger partial charge is 0.497 e. The minimum atomic E-state index is 0.149. The lowest BCUT2D eigenvalue weighted by Crippen LogP contribution is -2.33. The van der Waals surface area contributed by atoms with Crippen LogP contribution in [-0.2, 0) is 11.2 Å². The predicted octanol–water partition coefficient (Wildman–Crippen LogP) is 1.16. The Hall–Kier alpha value is -1.55. The number of carbonyl (C=O) groups is 1. The standard InChI is InChI=1S/C14H18N2O2/c1-18-11-4-2-9-3-5-13(12(9)7-11)16-10-6-14(17)15-8-10/h2,4,7,10,13,16H,3,5-6,8H2,1H3,(H,15,17). The Kier molecular flexibility index (Phi) is 2.96. The highest BCUT2D eigenvalue weighted by Gasteiger charge is 2.28. The van der Waals surface area contributed by atoms with E-state index in [4.69, 9.17) is 4.74 Å². The van der Waals surface area contributed by atoms with Gasteiger partial charge in [-0.05, 0) is 36.1 Å². The van der Waals surface area contributed by atoms with Crippen LogP contribution in [0, 0.1) is 0 Å². The van der Waals surface area contributed by atoms with Gasteiger partial charge in [0.25, 0.3) is 0 Å². The Balaban J connectivity index is 1.75. The first-order chi connectivity index (χ1) is 8.76. The second kappa shape index (κ2) is 4.61. The number of benzene rings is 1. The number of carbonyl (C=O) groups excluding carboxylic acids is 1. The molecule has 1 aromatic carbocycles. The van der Waals surface area contributed by atoms with Gasteiger partial charge in [0.2, 0.25) is 5.91 Å². The molecule has 1 aromatic rings. The van der Waals surface area contributed by atoms with E-state index in [0.29, 0.717) is 12.5 Å². The predicted molar refractivity (Wildman–Crippen MR) is 68.6 cm³/mol. The molecule has 0 bridgehead atoms. The van der Waals surface area contributed by atoms with Crippen LogP contribution in [0.15, 0.2) is 18.2 Å². The van der Waals surface area contributed by atoms with E-state index in [9.17, 15) is 4.79 Å². The fourth-order valence-electron chi connectivity index (χ4n) is 2.89. The fraction of sp³-hybridized carbons (Fsp3) is 0.500. The van der Waals surface area contributed by atoms with Crippen molar-refractivity contribution >= 4 is 5.91 Å². The molecule has 1 amide bonds. The maximum Gasteiger partial charge on any atom is 0.221 e. The van der Waals surface area contributed by atoms with Crippen molar-refractivity contribution in [3.05, 3.63) is 29.3 Å². The molecular weight excluding hydrogens is 228 g/mol. The van der Waals surface area contributed by atoms with Crippen LogP contribution >= 0.6 is 0 Å². The first-order valence-corrected chi connectivity index (χ1v) is 6.46. The summed E-state index contributed by atoms with van der Waals surface area (Å²) in [5.74, 6) is 1.06. The number of ether oxygens (including phenoxy) is 1. The third kappa shape index (κ3) is 2.08. The molecule has 3 rings (SSSR count). The minimum Gasteiger partial charge on any atom is -0.497 e. The molecule has 2 unspecified atom stereocenters. The Morgan fingerprint density at radius 3 is 3.06 bits per heavy atom. The van der Waals surface area contributed by atoms with Crippen molar-refractivity contribution < 1.29 is 9.53 Å². The molecule has 4 nitrogen and oxygen atoms in total. The monoisotopic (exact) mass is 246 g/mol. The Labute approximate surface area is 107 Å². The van der Waals surface area contributed by atoms with Gasteiger partial charge in [-0.25, -0.2) is 0 Å². The van der Waals surface area contributed by atoms with E-state index in [1.54, 1.807) is 7.11 Å². The third-order valence-corrected chi connectivity index (χ3v) is 3.85. The number of fused-ring (bicyclic) bond motifs is 1. The molecule has 2 atom stereocenters. The summed E-state index contributed by atoms with van der Waals surface area (Å²) >= 11 is 0. The highest BCUT2D eigenvalue weighted by Crippen LogP contribution is 2.34. The van der Waals surface area contributed by atoms with E-state index in [0.717, 1.165) is 25.1 Å². The molecule has 1 aliphatic carbocycles. The summed E-state index contributed by atoms with van der Waals surface area (Å²) in [5.41, 5.74) is 2.72. The maximum absolute atomic E-state index is 11.2. The first-order valence-electron chi connectivity index (χ1n) is 6.46. The van der Waals surface area contributed by atoms with Crippen LogP contribution in [0.5, 0.6) is 5.75 Å². The van der Waals surface area contributed by atoms with Crippen molar-refractivity contribution in [2.24, 2.45) is 0 Å². The van der Waals surface area contributed by atoms with Crippen molar-refractivity contribution in [2.45, 2.75) is 31.3 Å². The molecule has 1 heterocycles. The van der Waals surface area contributed by atoms with Gasteiger partial charge >= 0.3 is 0 Å².